The highest BCUT2D eigenvalue weighted by molar-refractivity contribution is 7.86. The molecule has 0 aliphatic carbocycles. The van der Waals surface area contributed by atoms with E-state index in [1.807, 2.05) is 85.8 Å². The van der Waals surface area contributed by atoms with Crippen LogP contribution in [-0.2, 0) is 22.0 Å². The molecule has 0 spiro atoms. The summed E-state index contributed by atoms with van der Waals surface area (Å²) in [6.45, 7) is 2.02. The molecule has 2 atom stereocenters. The first kappa shape index (κ1) is 22.5. The molecule has 5 heteroatoms. The van der Waals surface area contributed by atoms with Gasteiger partial charge >= 0.3 is 0 Å². The molecule has 4 N–H and O–H groups in total. The number of carbonyl (C=O) groups is 1. The van der Waals surface area contributed by atoms with Gasteiger partial charge in [-0.2, -0.15) is 0 Å². The van der Waals surface area contributed by atoms with Gasteiger partial charge < -0.3 is 11.5 Å². The fraction of sp³-hybridized carbons (Fsp3) is 0.208. The maximum absolute atomic E-state index is 12.4. The summed E-state index contributed by atoms with van der Waals surface area (Å²) in [7, 11) is -1.36. The molecule has 0 aromatic heterocycles. The molecular formula is C24H28N2O2S. The van der Waals surface area contributed by atoms with Crippen molar-refractivity contribution < 1.29 is 9.00 Å². The standard InChI is InChI=1S/C15H15NO2S.C9H13N/c16-14(17)11-19(18)15(12-7-3-1-4-8-12)13-9-5-2-6-10-13;1-8(10)7-9-5-3-2-4-6-9/h1-10,15H,11H2,(H2,16,17);2-6,8H,7,10H2,1H3/t;8-/m.0/s1. The van der Waals surface area contributed by atoms with Crippen molar-refractivity contribution in [3.8, 4) is 0 Å². The fourth-order valence-corrected chi connectivity index (χ4v) is 4.33. The van der Waals surface area contributed by atoms with E-state index in [0.29, 0.717) is 0 Å². The van der Waals surface area contributed by atoms with Crippen LogP contribution in [-0.4, -0.2) is 21.9 Å². The zero-order valence-corrected chi connectivity index (χ0v) is 17.4. The number of amides is 1. The molecule has 4 nitrogen and oxygen atoms in total. The Morgan fingerprint density at radius 3 is 1.62 bits per heavy atom. The first-order valence-electron chi connectivity index (χ1n) is 9.52. The van der Waals surface area contributed by atoms with Crippen molar-refractivity contribution in [3.63, 3.8) is 0 Å². The minimum Gasteiger partial charge on any atom is -0.369 e. The Hall–Kier alpha value is -2.76. The SMILES string of the molecule is C[C@H](N)Cc1ccccc1.NC(=O)CS(=O)C(c1ccccc1)c1ccccc1. The lowest BCUT2D eigenvalue weighted by molar-refractivity contribution is -0.115. The number of hydrogen-bond donors (Lipinski definition) is 2. The number of hydrogen-bond acceptors (Lipinski definition) is 3. The first-order valence-corrected chi connectivity index (χ1v) is 10.9. The van der Waals surface area contributed by atoms with Gasteiger partial charge in [-0.1, -0.05) is 91.0 Å². The van der Waals surface area contributed by atoms with Crippen molar-refractivity contribution in [2.45, 2.75) is 24.6 Å². The summed E-state index contributed by atoms with van der Waals surface area (Å²) in [5.74, 6) is -0.677. The number of nitrogens with two attached hydrogens (primary N) is 2. The van der Waals surface area contributed by atoms with Crippen LogP contribution in [0.15, 0.2) is 91.0 Å². The van der Waals surface area contributed by atoms with E-state index in [1.54, 1.807) is 0 Å². The Morgan fingerprint density at radius 2 is 1.24 bits per heavy atom. The lowest BCUT2D eigenvalue weighted by Gasteiger charge is -2.16. The van der Waals surface area contributed by atoms with Gasteiger partial charge in [0.2, 0.25) is 5.91 Å². The van der Waals surface area contributed by atoms with Gasteiger partial charge in [-0.15, -0.1) is 0 Å². The van der Waals surface area contributed by atoms with E-state index in [2.05, 4.69) is 12.1 Å². The van der Waals surface area contributed by atoms with Crippen LogP contribution in [0.5, 0.6) is 0 Å². The lowest BCUT2D eigenvalue weighted by atomic mass is 10.0. The molecule has 0 heterocycles. The highest BCUT2D eigenvalue weighted by atomic mass is 32.2. The summed E-state index contributed by atoms with van der Waals surface area (Å²) in [4.78, 5) is 11.0. The molecule has 3 aromatic rings. The molecule has 0 saturated carbocycles. The highest BCUT2D eigenvalue weighted by Gasteiger charge is 2.22. The largest absolute Gasteiger partial charge is 0.369 e. The summed E-state index contributed by atoms with van der Waals surface area (Å²) < 4.78 is 12.4. The minimum absolute atomic E-state index is 0.131. The van der Waals surface area contributed by atoms with Crippen LogP contribution in [0.3, 0.4) is 0 Å². The Kier molecular flexibility index (Phi) is 9.28. The van der Waals surface area contributed by atoms with E-state index in [-0.39, 0.29) is 17.0 Å². The maximum Gasteiger partial charge on any atom is 0.230 e. The van der Waals surface area contributed by atoms with Crippen molar-refractivity contribution in [2.75, 3.05) is 5.75 Å². The second-order valence-corrected chi connectivity index (χ2v) is 8.38. The van der Waals surface area contributed by atoms with Gasteiger partial charge in [-0.25, -0.2) is 0 Å². The number of benzene rings is 3. The van der Waals surface area contributed by atoms with Crippen LogP contribution in [0.25, 0.3) is 0 Å². The zero-order valence-electron chi connectivity index (χ0n) is 16.6. The molecule has 0 aliphatic rings. The second kappa shape index (κ2) is 11.9. The molecule has 29 heavy (non-hydrogen) atoms. The topological polar surface area (TPSA) is 86.2 Å². The molecule has 0 bridgehead atoms. The van der Waals surface area contributed by atoms with E-state index in [0.717, 1.165) is 17.5 Å². The van der Waals surface area contributed by atoms with Gasteiger partial charge in [0, 0.05) is 16.8 Å². The van der Waals surface area contributed by atoms with Gasteiger partial charge in [-0.05, 0) is 30.0 Å². The van der Waals surface area contributed by atoms with Crippen molar-refractivity contribution >= 4 is 16.7 Å². The fourth-order valence-electron chi connectivity index (χ4n) is 2.96. The zero-order chi connectivity index (χ0) is 21.1. The van der Waals surface area contributed by atoms with Crippen molar-refractivity contribution in [1.29, 1.82) is 0 Å². The third-order valence-corrected chi connectivity index (χ3v) is 5.79. The quantitative estimate of drug-likeness (QED) is 0.626. The predicted molar refractivity (Wildman–Crippen MR) is 121 cm³/mol. The summed E-state index contributed by atoms with van der Waals surface area (Å²) in [6, 6.07) is 29.6. The Bertz CT molecular complexity index is 845. The molecule has 0 fully saturated rings. The molecule has 0 aliphatic heterocycles. The normalized spacial score (nSPS) is 12.5. The second-order valence-electron chi connectivity index (χ2n) is 6.86. The van der Waals surface area contributed by atoms with Crippen molar-refractivity contribution in [2.24, 2.45) is 11.5 Å². The van der Waals surface area contributed by atoms with E-state index in [4.69, 9.17) is 11.5 Å². The Balaban J connectivity index is 0.000000253. The van der Waals surface area contributed by atoms with Gasteiger partial charge in [0.25, 0.3) is 0 Å². The summed E-state index contributed by atoms with van der Waals surface area (Å²) in [5, 5.41) is -0.324. The van der Waals surface area contributed by atoms with E-state index < -0.39 is 16.7 Å². The third-order valence-electron chi connectivity index (χ3n) is 4.15. The molecule has 1 amide bonds. The van der Waals surface area contributed by atoms with Gasteiger partial charge in [0.15, 0.2) is 0 Å². The third kappa shape index (κ3) is 8.02. The average molecular weight is 409 g/mol. The van der Waals surface area contributed by atoms with Crippen LogP contribution in [0.2, 0.25) is 0 Å². The molecule has 3 aromatic carbocycles. The summed E-state index contributed by atoms with van der Waals surface area (Å²) >= 11 is 0. The van der Waals surface area contributed by atoms with Gasteiger partial charge in [0.05, 0.1) is 5.25 Å². The maximum atomic E-state index is 12.4. The Labute approximate surface area is 175 Å². The number of carbonyl (C=O) groups excluding carboxylic acids is 1. The van der Waals surface area contributed by atoms with E-state index in [1.165, 1.54) is 5.56 Å². The molecule has 152 valence electrons. The van der Waals surface area contributed by atoms with Crippen LogP contribution in [0, 0.1) is 0 Å². The van der Waals surface area contributed by atoms with Crippen molar-refractivity contribution in [3.05, 3.63) is 108 Å². The molecule has 0 radical (unpaired) electrons. The Morgan fingerprint density at radius 1 is 0.828 bits per heavy atom. The van der Waals surface area contributed by atoms with Crippen LogP contribution >= 0.6 is 0 Å². The first-order chi connectivity index (χ1) is 14.0. The summed E-state index contributed by atoms with van der Waals surface area (Å²) in [6.07, 6.45) is 0.973. The monoisotopic (exact) mass is 408 g/mol. The number of primary amides is 1. The number of rotatable bonds is 7. The van der Waals surface area contributed by atoms with Gasteiger partial charge in [-0.3, -0.25) is 9.00 Å². The minimum atomic E-state index is -1.36. The van der Waals surface area contributed by atoms with Crippen LogP contribution in [0.4, 0.5) is 0 Å². The molecule has 3 rings (SSSR count). The molecule has 0 saturated heterocycles. The van der Waals surface area contributed by atoms with Crippen LogP contribution < -0.4 is 11.5 Å². The van der Waals surface area contributed by atoms with Crippen LogP contribution in [0.1, 0.15) is 28.9 Å². The highest BCUT2D eigenvalue weighted by Crippen LogP contribution is 2.28. The molecule has 1 unspecified atom stereocenters. The lowest BCUT2D eigenvalue weighted by Crippen LogP contribution is -2.23. The predicted octanol–water partition coefficient (Wildman–Crippen LogP) is 3.59. The average Bonchev–Trinajstić information content (AvgIpc) is 2.70. The molecular weight excluding hydrogens is 380 g/mol. The summed E-state index contributed by atoms with van der Waals surface area (Å²) in [5.41, 5.74) is 13.9. The smallest absolute Gasteiger partial charge is 0.230 e. The van der Waals surface area contributed by atoms with Crippen molar-refractivity contribution in [1.82, 2.24) is 0 Å². The van der Waals surface area contributed by atoms with Gasteiger partial charge in [0.1, 0.15) is 5.75 Å². The van der Waals surface area contributed by atoms with E-state index in [9.17, 15) is 9.00 Å². The van der Waals surface area contributed by atoms with E-state index >= 15 is 0 Å².